The van der Waals surface area contributed by atoms with Gasteiger partial charge in [0.05, 0.1) is 16.3 Å². The monoisotopic (exact) mass is 470 g/mol. The number of anilines is 2. The predicted octanol–water partition coefficient (Wildman–Crippen LogP) is 2.30. The molecular formula is C24H30N4O4S. The number of nitrogens with zero attached hydrogens (tertiary/aromatic N) is 1. The van der Waals surface area contributed by atoms with Gasteiger partial charge in [0, 0.05) is 25.6 Å². The molecule has 2 aromatic carbocycles. The second kappa shape index (κ2) is 8.79. The van der Waals surface area contributed by atoms with Crippen molar-refractivity contribution in [2.45, 2.75) is 57.5 Å². The molecule has 3 N–H and O–H groups in total. The molecule has 9 heteroatoms. The number of sulfonamides is 1. The Labute approximate surface area is 194 Å². The van der Waals surface area contributed by atoms with E-state index in [9.17, 15) is 18.0 Å². The van der Waals surface area contributed by atoms with E-state index < -0.39 is 10.0 Å². The topological polar surface area (TPSA) is 108 Å². The lowest BCUT2D eigenvalue weighted by Crippen LogP contribution is -2.44. The first-order valence-corrected chi connectivity index (χ1v) is 12.6. The van der Waals surface area contributed by atoms with E-state index in [0.29, 0.717) is 13.0 Å². The van der Waals surface area contributed by atoms with Crippen molar-refractivity contribution in [3.05, 3.63) is 52.6 Å². The van der Waals surface area contributed by atoms with Crippen LogP contribution in [0.2, 0.25) is 0 Å². The number of hydrogen-bond donors (Lipinski definition) is 3. The van der Waals surface area contributed by atoms with Crippen LogP contribution in [-0.4, -0.2) is 45.4 Å². The van der Waals surface area contributed by atoms with Gasteiger partial charge in [0.15, 0.2) is 0 Å². The fourth-order valence-electron chi connectivity index (χ4n) is 4.76. The van der Waals surface area contributed by atoms with Crippen molar-refractivity contribution in [1.29, 1.82) is 0 Å². The number of amides is 2. The van der Waals surface area contributed by atoms with Gasteiger partial charge in [0.1, 0.15) is 6.04 Å². The number of nitrogens with one attached hydrogen (secondary N) is 3. The highest BCUT2D eigenvalue weighted by molar-refractivity contribution is 7.89. The number of hydrogen-bond acceptors (Lipinski definition) is 5. The summed E-state index contributed by atoms with van der Waals surface area (Å²) in [5.74, 6) is -0.317. The van der Waals surface area contributed by atoms with E-state index in [1.54, 1.807) is 13.8 Å². The van der Waals surface area contributed by atoms with Crippen LogP contribution < -0.4 is 20.3 Å². The first-order valence-electron chi connectivity index (χ1n) is 11.1. The summed E-state index contributed by atoms with van der Waals surface area (Å²) in [6, 6.07) is 9.09. The Morgan fingerprint density at radius 2 is 1.79 bits per heavy atom. The molecule has 2 heterocycles. The fourth-order valence-corrected chi connectivity index (χ4v) is 6.40. The molecule has 2 atom stereocenters. The van der Waals surface area contributed by atoms with Gasteiger partial charge in [-0.25, -0.2) is 13.1 Å². The molecule has 0 aromatic heterocycles. The van der Waals surface area contributed by atoms with Crippen LogP contribution in [0.1, 0.15) is 35.1 Å². The molecule has 33 heavy (non-hydrogen) atoms. The van der Waals surface area contributed by atoms with Gasteiger partial charge in [-0.05, 0) is 68.5 Å². The van der Waals surface area contributed by atoms with E-state index in [-0.39, 0.29) is 41.8 Å². The Morgan fingerprint density at radius 3 is 2.48 bits per heavy atom. The van der Waals surface area contributed by atoms with Gasteiger partial charge in [-0.2, -0.15) is 0 Å². The highest BCUT2D eigenvalue weighted by atomic mass is 32.2. The summed E-state index contributed by atoms with van der Waals surface area (Å²) < 4.78 is 28.4. The Hall–Kier alpha value is -2.91. The quantitative estimate of drug-likeness (QED) is 0.601. The smallest absolute Gasteiger partial charge is 0.247 e. The molecule has 0 spiro atoms. The Bertz CT molecular complexity index is 1200. The minimum absolute atomic E-state index is 0.00319. The van der Waals surface area contributed by atoms with Crippen molar-refractivity contribution < 1.29 is 18.0 Å². The van der Waals surface area contributed by atoms with E-state index in [0.717, 1.165) is 33.6 Å². The van der Waals surface area contributed by atoms with Gasteiger partial charge in [0.2, 0.25) is 21.8 Å². The molecule has 8 nitrogen and oxygen atoms in total. The third kappa shape index (κ3) is 4.47. The number of para-hydroxylation sites is 2. The van der Waals surface area contributed by atoms with Gasteiger partial charge in [-0.3, -0.25) is 9.59 Å². The highest BCUT2D eigenvalue weighted by Gasteiger charge is 2.41. The van der Waals surface area contributed by atoms with Gasteiger partial charge in [0.25, 0.3) is 0 Å². The Kier molecular flexibility index (Phi) is 6.20. The summed E-state index contributed by atoms with van der Waals surface area (Å²) in [5.41, 5.74) is 4.99. The van der Waals surface area contributed by atoms with Crippen LogP contribution in [0.5, 0.6) is 0 Å². The number of carbonyl (C=O) groups is 2. The molecule has 0 aliphatic carbocycles. The van der Waals surface area contributed by atoms with Crippen molar-refractivity contribution in [2.75, 3.05) is 23.3 Å². The summed E-state index contributed by atoms with van der Waals surface area (Å²) >= 11 is 0. The van der Waals surface area contributed by atoms with E-state index in [1.807, 2.05) is 49.1 Å². The molecule has 176 valence electrons. The molecule has 0 saturated carbocycles. The predicted molar refractivity (Wildman–Crippen MR) is 128 cm³/mol. The fraction of sp³-hybridized carbons (Fsp3) is 0.417. The van der Waals surface area contributed by atoms with E-state index >= 15 is 0 Å². The molecule has 2 aliphatic rings. The van der Waals surface area contributed by atoms with Gasteiger partial charge in [-0.1, -0.05) is 18.2 Å². The summed E-state index contributed by atoms with van der Waals surface area (Å²) in [7, 11) is -3.74. The first-order chi connectivity index (χ1) is 15.6. The molecule has 4 rings (SSSR count). The van der Waals surface area contributed by atoms with Crippen molar-refractivity contribution in [3.63, 3.8) is 0 Å². The van der Waals surface area contributed by atoms with Crippen LogP contribution in [0.3, 0.4) is 0 Å². The SMILES string of the molecule is Cc1cc(C)c(C)c(S(=O)(=O)NCCC(=O)NC2CC3C(=O)Nc4ccccc4N3C2)c1C. The average molecular weight is 471 g/mol. The number of benzene rings is 2. The second-order valence-electron chi connectivity index (χ2n) is 8.91. The van der Waals surface area contributed by atoms with Crippen LogP contribution >= 0.6 is 0 Å². The van der Waals surface area contributed by atoms with Crippen LogP contribution in [0, 0.1) is 27.7 Å². The Morgan fingerprint density at radius 1 is 1.12 bits per heavy atom. The molecule has 2 aliphatic heterocycles. The van der Waals surface area contributed by atoms with E-state index in [4.69, 9.17) is 0 Å². The third-order valence-electron chi connectivity index (χ3n) is 6.65. The third-order valence-corrected chi connectivity index (χ3v) is 8.38. The largest absolute Gasteiger partial charge is 0.356 e. The van der Waals surface area contributed by atoms with Crippen LogP contribution in [0.15, 0.2) is 35.2 Å². The molecular weight excluding hydrogens is 440 g/mol. The lowest BCUT2D eigenvalue weighted by Gasteiger charge is -2.32. The van der Waals surface area contributed by atoms with Gasteiger partial charge < -0.3 is 15.5 Å². The van der Waals surface area contributed by atoms with Crippen LogP contribution in [0.4, 0.5) is 11.4 Å². The lowest BCUT2D eigenvalue weighted by molar-refractivity contribution is -0.122. The summed E-state index contributed by atoms with van der Waals surface area (Å²) in [6.45, 7) is 7.92. The van der Waals surface area contributed by atoms with Crippen molar-refractivity contribution in [2.24, 2.45) is 0 Å². The molecule has 0 bridgehead atoms. The van der Waals surface area contributed by atoms with Crippen molar-refractivity contribution in [3.8, 4) is 0 Å². The highest BCUT2D eigenvalue weighted by Crippen LogP contribution is 2.36. The maximum absolute atomic E-state index is 12.9. The zero-order valence-electron chi connectivity index (χ0n) is 19.4. The Balaban J connectivity index is 1.35. The number of carbonyl (C=O) groups excluding carboxylic acids is 2. The van der Waals surface area contributed by atoms with Crippen molar-refractivity contribution in [1.82, 2.24) is 10.0 Å². The molecule has 2 amide bonds. The first kappa shape index (κ1) is 23.3. The molecule has 1 saturated heterocycles. The summed E-state index contributed by atoms with van der Waals surface area (Å²) in [5, 5.41) is 5.88. The van der Waals surface area contributed by atoms with E-state index in [1.165, 1.54) is 0 Å². The normalized spacial score (nSPS) is 19.6. The second-order valence-corrected chi connectivity index (χ2v) is 10.6. The summed E-state index contributed by atoms with van der Waals surface area (Å²) in [6.07, 6.45) is 0.532. The standard InChI is InChI=1S/C24H30N4O4S/c1-14-11-15(2)17(4)23(16(14)3)33(31,32)25-10-9-22(29)26-18-12-21-24(30)27-19-7-5-6-8-20(19)28(21)13-18/h5-8,11,18,21,25H,9-10,12-13H2,1-4H3,(H,26,29)(H,27,30). The number of fused-ring (bicyclic) bond motifs is 3. The average Bonchev–Trinajstić information content (AvgIpc) is 3.17. The van der Waals surface area contributed by atoms with E-state index in [2.05, 4.69) is 15.4 Å². The lowest BCUT2D eigenvalue weighted by atomic mass is 10.0. The zero-order chi connectivity index (χ0) is 23.9. The minimum Gasteiger partial charge on any atom is -0.356 e. The maximum atomic E-state index is 12.9. The van der Waals surface area contributed by atoms with Crippen LogP contribution in [-0.2, 0) is 19.6 Å². The van der Waals surface area contributed by atoms with Gasteiger partial charge in [-0.15, -0.1) is 0 Å². The van der Waals surface area contributed by atoms with Crippen molar-refractivity contribution >= 4 is 33.2 Å². The number of rotatable bonds is 6. The molecule has 1 fully saturated rings. The zero-order valence-corrected chi connectivity index (χ0v) is 20.2. The minimum atomic E-state index is -3.74. The van der Waals surface area contributed by atoms with Gasteiger partial charge >= 0.3 is 0 Å². The molecule has 2 aromatic rings. The molecule has 0 radical (unpaired) electrons. The maximum Gasteiger partial charge on any atom is 0.247 e. The molecule has 2 unspecified atom stereocenters. The summed E-state index contributed by atoms with van der Waals surface area (Å²) in [4.78, 5) is 27.3. The van der Waals surface area contributed by atoms with Crippen LogP contribution in [0.25, 0.3) is 0 Å². The number of aryl methyl sites for hydroxylation is 2.